The topological polar surface area (TPSA) is 86.3 Å². The van der Waals surface area contributed by atoms with Crippen molar-refractivity contribution in [2.75, 3.05) is 4.90 Å². The van der Waals surface area contributed by atoms with Crippen molar-refractivity contribution in [2.24, 2.45) is 0 Å². The number of carbonyl (C=O) groups is 2. The summed E-state index contributed by atoms with van der Waals surface area (Å²) in [6.07, 6.45) is 4.52. The Hall–Kier alpha value is -4.33. The van der Waals surface area contributed by atoms with Gasteiger partial charge >= 0.3 is 0 Å². The van der Waals surface area contributed by atoms with Gasteiger partial charge in [-0.1, -0.05) is 24.3 Å². The van der Waals surface area contributed by atoms with Crippen molar-refractivity contribution in [2.45, 2.75) is 6.04 Å². The van der Waals surface area contributed by atoms with E-state index in [1.54, 1.807) is 30.5 Å². The molecule has 1 saturated heterocycles. The van der Waals surface area contributed by atoms with Crippen LogP contribution in [0.4, 0.5) is 14.5 Å². The smallest absolute Gasteiger partial charge is 0.300 e. The first-order valence-corrected chi connectivity index (χ1v) is 9.70. The van der Waals surface area contributed by atoms with Gasteiger partial charge in [-0.15, -0.1) is 0 Å². The molecular weight excluding hydrogens is 416 g/mol. The normalized spacial score (nSPS) is 17.9. The number of rotatable bonds is 3. The fourth-order valence-electron chi connectivity index (χ4n) is 4.00. The van der Waals surface area contributed by atoms with Crippen LogP contribution < -0.4 is 4.90 Å². The maximum Gasteiger partial charge on any atom is 0.300 e. The Morgan fingerprint density at radius 1 is 1.03 bits per heavy atom. The average Bonchev–Trinajstić information content (AvgIpc) is 3.35. The van der Waals surface area contributed by atoms with Crippen molar-refractivity contribution in [1.29, 1.82) is 0 Å². The molecule has 32 heavy (non-hydrogen) atoms. The number of benzene rings is 2. The van der Waals surface area contributed by atoms with Crippen molar-refractivity contribution < 1.29 is 23.5 Å². The maximum absolute atomic E-state index is 14.0. The van der Waals surface area contributed by atoms with E-state index in [-0.39, 0.29) is 17.0 Å². The van der Waals surface area contributed by atoms with E-state index in [0.717, 1.165) is 22.5 Å². The third-order valence-electron chi connectivity index (χ3n) is 5.47. The first-order valence-electron chi connectivity index (χ1n) is 9.70. The van der Waals surface area contributed by atoms with Gasteiger partial charge in [-0.25, -0.2) is 8.78 Å². The number of anilines is 1. The van der Waals surface area contributed by atoms with Crippen LogP contribution in [0.5, 0.6) is 0 Å². The Kier molecular flexibility index (Phi) is 4.55. The van der Waals surface area contributed by atoms with Gasteiger partial charge in [-0.2, -0.15) is 0 Å². The summed E-state index contributed by atoms with van der Waals surface area (Å²) >= 11 is 0. The third-order valence-corrected chi connectivity index (χ3v) is 5.47. The lowest BCUT2D eigenvalue weighted by molar-refractivity contribution is -0.132. The molecule has 1 aliphatic rings. The number of aliphatic hydroxyl groups is 1. The Morgan fingerprint density at radius 3 is 2.59 bits per heavy atom. The highest BCUT2D eigenvalue weighted by molar-refractivity contribution is 6.51. The highest BCUT2D eigenvalue weighted by Gasteiger charge is 2.47. The van der Waals surface area contributed by atoms with Crippen molar-refractivity contribution >= 4 is 34.0 Å². The van der Waals surface area contributed by atoms with Crippen molar-refractivity contribution in [1.82, 2.24) is 9.97 Å². The first-order chi connectivity index (χ1) is 15.5. The predicted molar refractivity (Wildman–Crippen MR) is 114 cm³/mol. The highest BCUT2D eigenvalue weighted by Crippen LogP contribution is 2.42. The predicted octanol–water partition coefficient (Wildman–Crippen LogP) is 4.47. The number of nitrogens with zero attached hydrogens (tertiary/aromatic N) is 2. The number of hydrogen-bond donors (Lipinski definition) is 2. The molecule has 1 aliphatic heterocycles. The molecule has 5 rings (SSSR count). The van der Waals surface area contributed by atoms with E-state index in [0.29, 0.717) is 16.5 Å². The van der Waals surface area contributed by atoms with Gasteiger partial charge in [0.1, 0.15) is 5.76 Å². The summed E-state index contributed by atoms with van der Waals surface area (Å²) in [5, 5.41) is 11.9. The second-order valence-corrected chi connectivity index (χ2v) is 7.30. The second-order valence-electron chi connectivity index (χ2n) is 7.30. The number of nitrogens with one attached hydrogen (secondary N) is 1. The number of aromatic nitrogens is 2. The number of carbonyl (C=O) groups excluding carboxylic acids is 2. The number of H-pyrrole nitrogens is 1. The molecule has 8 heteroatoms. The molecule has 0 aliphatic carbocycles. The van der Waals surface area contributed by atoms with Gasteiger partial charge in [0.2, 0.25) is 0 Å². The van der Waals surface area contributed by atoms with E-state index in [1.165, 1.54) is 18.5 Å². The molecule has 3 heterocycles. The van der Waals surface area contributed by atoms with Crippen LogP contribution in [-0.2, 0) is 9.59 Å². The number of hydrogen-bond acceptors (Lipinski definition) is 4. The van der Waals surface area contributed by atoms with Gasteiger partial charge in [0.05, 0.1) is 11.6 Å². The van der Waals surface area contributed by atoms with Crippen LogP contribution in [0.2, 0.25) is 0 Å². The zero-order valence-corrected chi connectivity index (χ0v) is 16.4. The Morgan fingerprint density at radius 2 is 1.84 bits per heavy atom. The van der Waals surface area contributed by atoms with Crippen LogP contribution in [0.3, 0.4) is 0 Å². The molecule has 158 valence electrons. The van der Waals surface area contributed by atoms with Crippen LogP contribution in [0, 0.1) is 11.6 Å². The summed E-state index contributed by atoms with van der Waals surface area (Å²) in [6.45, 7) is 0. The number of pyridine rings is 1. The van der Waals surface area contributed by atoms with Gasteiger partial charge in [0.15, 0.2) is 11.6 Å². The first kappa shape index (κ1) is 19.6. The number of amides is 1. The molecule has 2 aromatic carbocycles. The Labute approximate surface area is 180 Å². The van der Waals surface area contributed by atoms with E-state index in [1.807, 2.05) is 12.1 Å². The molecule has 1 fully saturated rings. The summed E-state index contributed by atoms with van der Waals surface area (Å²) in [5.74, 6) is -4.52. The monoisotopic (exact) mass is 431 g/mol. The lowest BCUT2D eigenvalue weighted by Gasteiger charge is -2.25. The number of Topliss-reactive ketones (excluding diaryl/α,β-unsaturated/α-hetero) is 1. The molecule has 0 spiro atoms. The van der Waals surface area contributed by atoms with Gasteiger partial charge in [-0.3, -0.25) is 19.5 Å². The average molecular weight is 431 g/mol. The second kappa shape index (κ2) is 7.42. The molecule has 2 aromatic heterocycles. The number of halogens is 2. The van der Waals surface area contributed by atoms with E-state index in [9.17, 15) is 23.5 Å². The SMILES string of the molecule is O=C1C(=O)N(c2ccc(F)c(F)c2)C(c2cccnc2)/C1=C(/O)c1c[nH]c2ccccc12. The highest BCUT2D eigenvalue weighted by atomic mass is 19.2. The van der Waals surface area contributed by atoms with E-state index < -0.39 is 29.4 Å². The molecule has 0 saturated carbocycles. The minimum absolute atomic E-state index is 0.0159. The fraction of sp³-hybridized carbons (Fsp3) is 0.0417. The molecule has 1 atom stereocenters. The van der Waals surface area contributed by atoms with Crippen LogP contribution in [0.25, 0.3) is 16.7 Å². The molecule has 4 aromatic rings. The van der Waals surface area contributed by atoms with Gasteiger partial charge in [0.25, 0.3) is 11.7 Å². The Bertz CT molecular complexity index is 1410. The number of para-hydroxylation sites is 1. The zero-order valence-electron chi connectivity index (χ0n) is 16.4. The van der Waals surface area contributed by atoms with Crippen LogP contribution in [0.1, 0.15) is 17.2 Å². The van der Waals surface area contributed by atoms with Crippen LogP contribution >= 0.6 is 0 Å². The number of aliphatic hydroxyl groups excluding tert-OH is 1. The zero-order chi connectivity index (χ0) is 22.4. The largest absolute Gasteiger partial charge is 0.507 e. The van der Waals surface area contributed by atoms with Crippen molar-refractivity contribution in [3.8, 4) is 0 Å². The summed E-state index contributed by atoms with van der Waals surface area (Å²) in [6, 6.07) is 12.3. The summed E-state index contributed by atoms with van der Waals surface area (Å²) < 4.78 is 27.5. The van der Waals surface area contributed by atoms with Gasteiger partial charge in [0, 0.05) is 46.8 Å². The Balaban J connectivity index is 1.76. The lowest BCUT2D eigenvalue weighted by Crippen LogP contribution is -2.29. The van der Waals surface area contributed by atoms with Crippen molar-refractivity contribution in [3.05, 3.63) is 102 Å². The van der Waals surface area contributed by atoms with Gasteiger partial charge < -0.3 is 10.1 Å². The fourth-order valence-corrected chi connectivity index (χ4v) is 4.00. The quantitative estimate of drug-likeness (QED) is 0.285. The minimum Gasteiger partial charge on any atom is -0.507 e. The molecule has 1 amide bonds. The van der Waals surface area contributed by atoms with Crippen molar-refractivity contribution in [3.63, 3.8) is 0 Å². The molecule has 0 bridgehead atoms. The molecule has 0 radical (unpaired) electrons. The number of aromatic amines is 1. The number of ketones is 1. The van der Waals surface area contributed by atoms with E-state index in [4.69, 9.17) is 0 Å². The number of fused-ring (bicyclic) bond motifs is 1. The summed E-state index contributed by atoms with van der Waals surface area (Å²) in [4.78, 5) is 34.2. The minimum atomic E-state index is -1.16. The van der Waals surface area contributed by atoms with E-state index in [2.05, 4.69) is 9.97 Å². The van der Waals surface area contributed by atoms with Crippen LogP contribution in [-0.4, -0.2) is 26.8 Å². The molecule has 1 unspecified atom stereocenters. The van der Waals surface area contributed by atoms with Crippen LogP contribution in [0.15, 0.2) is 78.8 Å². The standard InChI is InChI=1S/C24H15F2N3O3/c25-17-8-7-14(10-18(17)26)29-21(13-4-3-9-27-11-13)20(23(31)24(29)32)22(30)16-12-28-19-6-2-1-5-15(16)19/h1-12,21,28,30H/b22-20-. The summed E-state index contributed by atoms with van der Waals surface area (Å²) in [5.41, 5.74) is 1.33. The lowest BCUT2D eigenvalue weighted by atomic mass is 9.96. The molecule has 2 N–H and O–H groups in total. The molecule has 6 nitrogen and oxygen atoms in total. The van der Waals surface area contributed by atoms with E-state index >= 15 is 0 Å². The molecular formula is C24H15F2N3O3. The maximum atomic E-state index is 14.0. The summed E-state index contributed by atoms with van der Waals surface area (Å²) in [7, 11) is 0. The third kappa shape index (κ3) is 2.96. The van der Waals surface area contributed by atoms with Gasteiger partial charge in [-0.05, 0) is 29.8 Å².